The summed E-state index contributed by atoms with van der Waals surface area (Å²) in [7, 11) is -2.21. The molecule has 0 unspecified atom stereocenters. The number of rotatable bonds is 7. The third-order valence-corrected chi connectivity index (χ3v) is 6.84. The Labute approximate surface area is 164 Å². The molecule has 0 amide bonds. The average Bonchev–Trinajstić information content (AvgIpc) is 2.67. The first kappa shape index (κ1) is 19.2. The highest BCUT2D eigenvalue weighted by Crippen LogP contribution is 2.25. The Bertz CT molecular complexity index is 747. The first-order valence-electron chi connectivity index (χ1n) is 8.68. The zero-order valence-corrected chi connectivity index (χ0v) is 18.2. The highest BCUT2D eigenvalue weighted by molar-refractivity contribution is 6.59. The van der Waals surface area contributed by atoms with Crippen LogP contribution in [0, 0.1) is 20.8 Å². The van der Waals surface area contributed by atoms with Crippen LogP contribution in [0.15, 0.2) is 72.8 Å². The molecule has 0 heterocycles. The molecule has 0 aliphatic rings. The van der Waals surface area contributed by atoms with Crippen LogP contribution in [0.1, 0.15) is 16.7 Å². The number of hydrogen-bond donors (Lipinski definition) is 0. The van der Waals surface area contributed by atoms with Gasteiger partial charge in [-0.2, -0.15) is 0 Å². The van der Waals surface area contributed by atoms with Gasteiger partial charge >= 0.3 is 9.05 Å². The number of hydrogen-bond acceptors (Lipinski definition) is 4. The van der Waals surface area contributed by atoms with Crippen molar-refractivity contribution in [3.05, 3.63) is 89.5 Å². The lowest BCUT2D eigenvalue weighted by molar-refractivity contribution is 0.167. The van der Waals surface area contributed by atoms with Crippen LogP contribution in [0.3, 0.4) is 0 Å². The molecule has 3 aromatic rings. The summed E-state index contributed by atoms with van der Waals surface area (Å²) in [6, 6.07) is 23.2. The molecule has 0 atom stereocenters. The van der Waals surface area contributed by atoms with Crippen molar-refractivity contribution in [3.8, 4) is 17.2 Å². The zero-order chi connectivity index (χ0) is 19.3. The molecule has 0 aromatic heterocycles. The van der Waals surface area contributed by atoms with Crippen molar-refractivity contribution in [1.82, 2.24) is 0 Å². The van der Waals surface area contributed by atoms with Gasteiger partial charge in [-0.3, -0.25) is 0 Å². The van der Waals surface area contributed by atoms with Crippen molar-refractivity contribution in [3.63, 3.8) is 0 Å². The molecule has 0 aliphatic heterocycles. The van der Waals surface area contributed by atoms with Gasteiger partial charge in [0, 0.05) is 0 Å². The SMILES string of the molecule is Cc1ccc(O[Si](O[SiH2])(Oc2ccc(C)cc2)Oc2ccc(C)cc2)cc1. The molecule has 139 valence electrons. The molecule has 3 rings (SSSR count). The molecule has 0 N–H and O–H groups in total. The molecule has 27 heavy (non-hydrogen) atoms. The highest BCUT2D eigenvalue weighted by atomic mass is 28.4. The molecule has 3 aromatic carbocycles. The van der Waals surface area contributed by atoms with Crippen molar-refractivity contribution in [1.29, 1.82) is 0 Å². The monoisotopic (exact) mass is 395 g/mol. The van der Waals surface area contributed by atoms with E-state index in [1.54, 1.807) is 0 Å². The van der Waals surface area contributed by atoms with Gasteiger partial charge in [0.2, 0.25) is 0 Å². The minimum absolute atomic E-state index is 0.637. The van der Waals surface area contributed by atoms with Gasteiger partial charge in [0.25, 0.3) is 0 Å². The Morgan fingerprint density at radius 1 is 0.519 bits per heavy atom. The molecule has 0 spiro atoms. The van der Waals surface area contributed by atoms with Crippen LogP contribution in [0.25, 0.3) is 0 Å². The average molecular weight is 396 g/mol. The lowest BCUT2D eigenvalue weighted by Crippen LogP contribution is -2.57. The lowest BCUT2D eigenvalue weighted by Gasteiger charge is -2.27. The van der Waals surface area contributed by atoms with Gasteiger partial charge in [0.1, 0.15) is 17.2 Å². The second-order valence-corrected chi connectivity index (χ2v) is 9.16. The molecule has 0 aliphatic carbocycles. The number of benzene rings is 3. The quantitative estimate of drug-likeness (QED) is 0.563. The van der Waals surface area contributed by atoms with Gasteiger partial charge < -0.3 is 17.4 Å². The Hall–Kier alpha value is -2.55. The van der Waals surface area contributed by atoms with Gasteiger partial charge in [0.15, 0.2) is 10.5 Å². The molecular weight excluding hydrogens is 372 g/mol. The number of aryl methyl sites for hydroxylation is 3. The van der Waals surface area contributed by atoms with E-state index in [4.69, 9.17) is 17.4 Å². The normalized spacial score (nSPS) is 11.1. The summed E-state index contributed by atoms with van der Waals surface area (Å²) in [5.74, 6) is 1.91. The molecule has 0 saturated heterocycles. The summed E-state index contributed by atoms with van der Waals surface area (Å²) >= 11 is 0. The Morgan fingerprint density at radius 2 is 0.778 bits per heavy atom. The summed E-state index contributed by atoms with van der Waals surface area (Å²) in [5, 5.41) is 0. The molecule has 6 heteroatoms. The Kier molecular flexibility index (Phi) is 6.00. The van der Waals surface area contributed by atoms with Crippen LogP contribution >= 0.6 is 0 Å². The summed E-state index contributed by atoms with van der Waals surface area (Å²) in [4.78, 5) is 0. The summed E-state index contributed by atoms with van der Waals surface area (Å²) < 4.78 is 24.2. The summed E-state index contributed by atoms with van der Waals surface area (Å²) in [5.41, 5.74) is 3.44. The topological polar surface area (TPSA) is 36.9 Å². The largest absolute Gasteiger partial charge is 0.881 e. The van der Waals surface area contributed by atoms with Crippen LogP contribution < -0.4 is 13.3 Å². The molecule has 0 bridgehead atoms. The van der Waals surface area contributed by atoms with Crippen LogP contribution in [0.2, 0.25) is 0 Å². The standard InChI is InChI=1S/C21H23O4Si2/c1-16-4-10-19(11-5-16)22-27(25-26,23-20-12-6-17(2)7-13-20)24-21-14-8-18(3)9-15-21/h4-15H,26H2,1-3H3. The minimum Gasteiger partial charge on any atom is -0.462 e. The van der Waals surface area contributed by atoms with Crippen molar-refractivity contribution in [2.75, 3.05) is 0 Å². The van der Waals surface area contributed by atoms with E-state index in [1.165, 1.54) is 10.5 Å². The Morgan fingerprint density at radius 3 is 1.00 bits per heavy atom. The predicted octanol–water partition coefficient (Wildman–Crippen LogP) is 4.15. The van der Waals surface area contributed by atoms with Crippen molar-refractivity contribution in [2.45, 2.75) is 20.8 Å². The summed E-state index contributed by atoms with van der Waals surface area (Å²) in [6.07, 6.45) is 0. The van der Waals surface area contributed by atoms with E-state index in [9.17, 15) is 0 Å². The van der Waals surface area contributed by atoms with E-state index >= 15 is 0 Å². The first-order valence-corrected chi connectivity index (χ1v) is 10.9. The van der Waals surface area contributed by atoms with Gasteiger partial charge in [-0.15, -0.1) is 0 Å². The fourth-order valence-electron chi connectivity index (χ4n) is 2.40. The highest BCUT2D eigenvalue weighted by Gasteiger charge is 2.53. The zero-order valence-electron chi connectivity index (χ0n) is 15.8. The van der Waals surface area contributed by atoms with Crippen LogP contribution in [0.5, 0.6) is 17.2 Å². The van der Waals surface area contributed by atoms with Gasteiger partial charge in [-0.1, -0.05) is 53.1 Å². The van der Waals surface area contributed by atoms with Crippen LogP contribution in [-0.4, -0.2) is 19.5 Å². The van der Waals surface area contributed by atoms with Crippen molar-refractivity contribution < 1.29 is 17.4 Å². The molecule has 0 saturated carbocycles. The van der Waals surface area contributed by atoms with Crippen molar-refractivity contribution in [2.24, 2.45) is 0 Å². The second-order valence-electron chi connectivity index (χ2n) is 6.39. The first-order chi connectivity index (χ1) is 13.0. The third-order valence-electron chi connectivity index (χ3n) is 3.97. The van der Waals surface area contributed by atoms with E-state index in [0.29, 0.717) is 17.2 Å². The van der Waals surface area contributed by atoms with E-state index < -0.39 is 9.05 Å². The maximum absolute atomic E-state index is 6.15. The third kappa shape index (κ3) is 5.22. The summed E-state index contributed by atoms with van der Waals surface area (Å²) in [6.45, 7) is 6.08. The maximum Gasteiger partial charge on any atom is 0.881 e. The van der Waals surface area contributed by atoms with E-state index in [1.807, 2.05) is 93.6 Å². The van der Waals surface area contributed by atoms with E-state index in [0.717, 1.165) is 16.7 Å². The maximum atomic E-state index is 6.15. The van der Waals surface area contributed by atoms with Crippen LogP contribution in [-0.2, 0) is 4.12 Å². The molecule has 0 fully saturated rings. The fourth-order valence-corrected chi connectivity index (χ4v) is 4.51. The van der Waals surface area contributed by atoms with Crippen LogP contribution in [0.4, 0.5) is 0 Å². The lowest BCUT2D eigenvalue weighted by atomic mass is 10.2. The van der Waals surface area contributed by atoms with Crippen molar-refractivity contribution >= 4 is 19.5 Å². The molecular formula is C21H23O4Si2. The van der Waals surface area contributed by atoms with E-state index in [2.05, 4.69) is 0 Å². The Balaban J connectivity index is 1.92. The smallest absolute Gasteiger partial charge is 0.462 e. The minimum atomic E-state index is -3.53. The van der Waals surface area contributed by atoms with Gasteiger partial charge in [0.05, 0.1) is 0 Å². The van der Waals surface area contributed by atoms with Gasteiger partial charge in [-0.05, 0) is 57.2 Å². The van der Waals surface area contributed by atoms with E-state index in [-0.39, 0.29) is 0 Å². The predicted molar refractivity (Wildman–Crippen MR) is 111 cm³/mol. The fraction of sp³-hybridized carbons (Fsp3) is 0.143. The molecule has 1 radical (unpaired) electrons. The molecule has 4 nitrogen and oxygen atoms in total. The van der Waals surface area contributed by atoms with Gasteiger partial charge in [-0.25, -0.2) is 0 Å². The second kappa shape index (κ2) is 8.43.